The van der Waals surface area contributed by atoms with Crippen LogP contribution in [0.2, 0.25) is 0 Å². The van der Waals surface area contributed by atoms with Crippen molar-refractivity contribution in [3.8, 4) is 11.5 Å². The highest BCUT2D eigenvalue weighted by atomic mass is 16.3. The van der Waals surface area contributed by atoms with Crippen LogP contribution in [0.5, 0.6) is 11.5 Å². The molecule has 0 spiro atoms. The van der Waals surface area contributed by atoms with E-state index in [-0.39, 0.29) is 29.6 Å². The van der Waals surface area contributed by atoms with E-state index in [9.17, 15) is 19.8 Å². The third-order valence-corrected chi connectivity index (χ3v) is 3.51. The number of piperidine rings is 1. The number of primary amides is 1. The average Bonchev–Trinajstić information content (AvgIpc) is 2.45. The number of nitrogens with one attached hydrogen (secondary N) is 1. The molecule has 21 heavy (non-hydrogen) atoms. The van der Waals surface area contributed by atoms with Crippen LogP contribution >= 0.6 is 0 Å². The fourth-order valence-corrected chi connectivity index (χ4v) is 2.49. The summed E-state index contributed by atoms with van der Waals surface area (Å²) in [4.78, 5) is 25.2. The quantitative estimate of drug-likeness (QED) is 0.612. The molecular weight excluding hydrogens is 274 g/mol. The molecule has 0 saturated carbocycles. The van der Waals surface area contributed by atoms with E-state index < -0.39 is 11.8 Å². The predicted molar refractivity (Wildman–Crippen MR) is 75.9 cm³/mol. The van der Waals surface area contributed by atoms with Crippen molar-refractivity contribution in [2.45, 2.75) is 18.9 Å². The van der Waals surface area contributed by atoms with Crippen molar-refractivity contribution in [2.24, 2.45) is 5.73 Å². The summed E-state index contributed by atoms with van der Waals surface area (Å²) in [6.45, 7) is 1.25. The second kappa shape index (κ2) is 6.45. The lowest BCUT2D eigenvalue weighted by atomic mass is 10.0. The third-order valence-electron chi connectivity index (χ3n) is 3.51. The van der Waals surface area contributed by atoms with Crippen LogP contribution in [0.15, 0.2) is 18.2 Å². The second-order valence-electron chi connectivity index (χ2n) is 5.10. The molecule has 2 rings (SSSR count). The molecule has 1 saturated heterocycles. The lowest BCUT2D eigenvalue weighted by Gasteiger charge is -2.34. The second-order valence-corrected chi connectivity index (χ2v) is 5.10. The first kappa shape index (κ1) is 15.1. The normalized spacial score (nSPS) is 18.2. The zero-order valence-corrected chi connectivity index (χ0v) is 11.6. The molecule has 0 radical (unpaired) electrons. The molecule has 1 heterocycles. The van der Waals surface area contributed by atoms with Gasteiger partial charge in [0.05, 0.1) is 12.1 Å². The first-order valence-corrected chi connectivity index (χ1v) is 6.81. The number of nitrogens with two attached hydrogens (primary N) is 1. The number of nitrogens with zero attached hydrogens (tertiary/aromatic N) is 1. The Morgan fingerprint density at radius 2 is 2.14 bits per heavy atom. The molecule has 114 valence electrons. The van der Waals surface area contributed by atoms with Gasteiger partial charge in [0.2, 0.25) is 5.91 Å². The molecule has 1 aromatic rings. The molecule has 0 aromatic heterocycles. The number of benzene rings is 1. The van der Waals surface area contributed by atoms with Gasteiger partial charge >= 0.3 is 0 Å². The molecule has 1 fully saturated rings. The van der Waals surface area contributed by atoms with Gasteiger partial charge in [-0.15, -0.1) is 0 Å². The number of hydrogen-bond acceptors (Lipinski definition) is 5. The Morgan fingerprint density at radius 1 is 1.38 bits per heavy atom. The maximum Gasteiger partial charge on any atom is 0.258 e. The number of phenols is 2. The molecule has 1 atom stereocenters. The van der Waals surface area contributed by atoms with E-state index in [2.05, 4.69) is 5.32 Å². The predicted octanol–water partition coefficient (Wildman–Crippen LogP) is -0.223. The van der Waals surface area contributed by atoms with Crippen LogP contribution in [0.3, 0.4) is 0 Å². The summed E-state index contributed by atoms with van der Waals surface area (Å²) in [5.74, 6) is -1.53. The first-order valence-electron chi connectivity index (χ1n) is 6.81. The summed E-state index contributed by atoms with van der Waals surface area (Å²) < 4.78 is 0. The maximum absolute atomic E-state index is 12.6. The number of amides is 2. The number of phenolic OH excluding ortho intramolecular Hbond substituents is 2. The summed E-state index contributed by atoms with van der Waals surface area (Å²) in [7, 11) is 0. The minimum atomic E-state index is -0.604. The van der Waals surface area contributed by atoms with Crippen molar-refractivity contribution in [3.05, 3.63) is 23.8 Å². The molecule has 7 heteroatoms. The monoisotopic (exact) mass is 293 g/mol. The van der Waals surface area contributed by atoms with Crippen molar-refractivity contribution in [1.82, 2.24) is 10.2 Å². The number of hydrogen-bond donors (Lipinski definition) is 4. The van der Waals surface area contributed by atoms with Gasteiger partial charge in [0.1, 0.15) is 11.5 Å². The van der Waals surface area contributed by atoms with Crippen molar-refractivity contribution in [3.63, 3.8) is 0 Å². The SMILES string of the molecule is NC(=O)CN(C(=O)c1ccc(O)cc1O)C1CCCNC1. The van der Waals surface area contributed by atoms with Gasteiger partial charge in [-0.05, 0) is 31.5 Å². The van der Waals surface area contributed by atoms with E-state index >= 15 is 0 Å². The standard InChI is InChI=1S/C14H19N3O4/c15-13(20)8-17(9-2-1-5-16-7-9)14(21)11-4-3-10(18)6-12(11)19/h3-4,6,9,16,18-19H,1-2,5,7-8H2,(H2,15,20). The van der Waals surface area contributed by atoms with Crippen LogP contribution in [0, 0.1) is 0 Å². The Hall–Kier alpha value is -2.28. The van der Waals surface area contributed by atoms with E-state index in [0.29, 0.717) is 6.54 Å². The van der Waals surface area contributed by atoms with E-state index in [1.807, 2.05) is 0 Å². The molecule has 1 aliphatic rings. The molecule has 0 bridgehead atoms. The number of rotatable bonds is 4. The lowest BCUT2D eigenvalue weighted by molar-refractivity contribution is -0.119. The summed E-state index contributed by atoms with van der Waals surface area (Å²) >= 11 is 0. The van der Waals surface area contributed by atoms with E-state index in [0.717, 1.165) is 25.5 Å². The van der Waals surface area contributed by atoms with Gasteiger partial charge in [-0.2, -0.15) is 0 Å². The first-order chi connectivity index (χ1) is 9.99. The molecule has 7 nitrogen and oxygen atoms in total. The fourth-order valence-electron chi connectivity index (χ4n) is 2.49. The average molecular weight is 293 g/mol. The molecule has 1 unspecified atom stereocenters. The molecular formula is C14H19N3O4. The highest BCUT2D eigenvalue weighted by Crippen LogP contribution is 2.25. The van der Waals surface area contributed by atoms with Gasteiger partial charge in [-0.25, -0.2) is 0 Å². The molecule has 0 aliphatic carbocycles. The number of aromatic hydroxyl groups is 2. The number of carbonyl (C=O) groups is 2. The molecule has 5 N–H and O–H groups in total. The van der Waals surface area contributed by atoms with Crippen LogP contribution in [0.4, 0.5) is 0 Å². The Kier molecular flexibility index (Phi) is 4.64. The maximum atomic E-state index is 12.6. The zero-order valence-electron chi connectivity index (χ0n) is 11.6. The van der Waals surface area contributed by atoms with Gasteiger partial charge in [-0.3, -0.25) is 9.59 Å². The van der Waals surface area contributed by atoms with Crippen LogP contribution in [-0.2, 0) is 4.79 Å². The van der Waals surface area contributed by atoms with Crippen LogP contribution in [0.25, 0.3) is 0 Å². The van der Waals surface area contributed by atoms with E-state index in [1.165, 1.54) is 17.0 Å². The van der Waals surface area contributed by atoms with Crippen LogP contribution < -0.4 is 11.1 Å². The summed E-state index contributed by atoms with van der Waals surface area (Å²) in [6.07, 6.45) is 1.67. The van der Waals surface area contributed by atoms with Gasteiger partial charge in [0, 0.05) is 18.7 Å². The van der Waals surface area contributed by atoms with Crippen LogP contribution in [0.1, 0.15) is 23.2 Å². The fraction of sp³-hybridized carbons (Fsp3) is 0.429. The smallest absolute Gasteiger partial charge is 0.258 e. The zero-order chi connectivity index (χ0) is 15.4. The summed E-state index contributed by atoms with van der Waals surface area (Å²) in [5, 5.41) is 22.3. The van der Waals surface area contributed by atoms with E-state index in [4.69, 9.17) is 5.73 Å². The van der Waals surface area contributed by atoms with Crippen molar-refractivity contribution in [2.75, 3.05) is 19.6 Å². The van der Waals surface area contributed by atoms with E-state index in [1.54, 1.807) is 0 Å². The Balaban J connectivity index is 2.26. The summed E-state index contributed by atoms with van der Waals surface area (Å²) in [6, 6.07) is 3.59. The molecule has 1 aliphatic heterocycles. The minimum absolute atomic E-state index is 0.0413. The number of carbonyl (C=O) groups excluding carboxylic acids is 2. The molecule has 1 aromatic carbocycles. The van der Waals surface area contributed by atoms with Gasteiger partial charge in [-0.1, -0.05) is 0 Å². The van der Waals surface area contributed by atoms with Gasteiger partial charge in [0.25, 0.3) is 5.91 Å². The van der Waals surface area contributed by atoms with Gasteiger partial charge < -0.3 is 26.2 Å². The highest BCUT2D eigenvalue weighted by molar-refractivity contribution is 5.99. The van der Waals surface area contributed by atoms with Crippen molar-refractivity contribution < 1.29 is 19.8 Å². The Morgan fingerprint density at radius 3 is 2.71 bits per heavy atom. The topological polar surface area (TPSA) is 116 Å². The third kappa shape index (κ3) is 3.63. The molecule has 2 amide bonds. The summed E-state index contributed by atoms with van der Waals surface area (Å²) in [5.41, 5.74) is 5.26. The Labute approximate surface area is 122 Å². The minimum Gasteiger partial charge on any atom is -0.508 e. The lowest BCUT2D eigenvalue weighted by Crippen LogP contribution is -2.51. The van der Waals surface area contributed by atoms with Gasteiger partial charge in [0.15, 0.2) is 0 Å². The van der Waals surface area contributed by atoms with Crippen molar-refractivity contribution in [1.29, 1.82) is 0 Å². The Bertz CT molecular complexity index is 541. The largest absolute Gasteiger partial charge is 0.508 e. The van der Waals surface area contributed by atoms with Crippen molar-refractivity contribution >= 4 is 11.8 Å². The van der Waals surface area contributed by atoms with Crippen LogP contribution in [-0.4, -0.2) is 52.6 Å². The highest BCUT2D eigenvalue weighted by Gasteiger charge is 2.28.